The van der Waals surface area contributed by atoms with Crippen LogP contribution in [0.5, 0.6) is 0 Å². The molecule has 20 heavy (non-hydrogen) atoms. The lowest BCUT2D eigenvalue weighted by atomic mass is 10.0. The Morgan fingerprint density at radius 1 is 1.20 bits per heavy atom. The molecule has 1 aromatic carbocycles. The summed E-state index contributed by atoms with van der Waals surface area (Å²) in [7, 11) is 0. The number of aromatic nitrogens is 2. The van der Waals surface area contributed by atoms with Crippen LogP contribution < -0.4 is 5.32 Å². The predicted octanol–water partition coefficient (Wildman–Crippen LogP) is 2.37. The zero-order valence-electron chi connectivity index (χ0n) is 12.2. The molecule has 0 saturated carbocycles. The largest absolute Gasteiger partial charge is 0.393 e. The highest BCUT2D eigenvalue weighted by Crippen LogP contribution is 2.07. The first-order valence-corrected chi connectivity index (χ1v) is 7.14. The molecule has 1 heterocycles. The summed E-state index contributed by atoms with van der Waals surface area (Å²) in [6, 6.07) is 12.1. The van der Waals surface area contributed by atoms with Gasteiger partial charge in [0.2, 0.25) is 0 Å². The number of hydrogen-bond acceptors (Lipinski definition) is 3. The van der Waals surface area contributed by atoms with Crippen molar-refractivity contribution in [1.82, 2.24) is 15.1 Å². The molecule has 0 amide bonds. The van der Waals surface area contributed by atoms with E-state index in [1.165, 1.54) is 0 Å². The van der Waals surface area contributed by atoms with Crippen LogP contribution >= 0.6 is 0 Å². The van der Waals surface area contributed by atoms with Gasteiger partial charge in [-0.15, -0.1) is 0 Å². The third kappa shape index (κ3) is 4.47. The second-order valence-electron chi connectivity index (χ2n) is 5.41. The highest BCUT2D eigenvalue weighted by atomic mass is 16.3. The third-order valence-corrected chi connectivity index (χ3v) is 3.21. The number of rotatable bonds is 7. The maximum absolute atomic E-state index is 9.33. The van der Waals surface area contributed by atoms with Gasteiger partial charge in [0.25, 0.3) is 0 Å². The van der Waals surface area contributed by atoms with Crippen LogP contribution in [-0.4, -0.2) is 27.5 Å². The maximum Gasteiger partial charge on any atom is 0.0766 e. The SMILES string of the molecule is CC(O)CC(C)CNCc1ccn(-c2ccccc2)n1. The fourth-order valence-electron chi connectivity index (χ4n) is 2.29. The van der Waals surface area contributed by atoms with E-state index in [0.717, 1.165) is 30.9 Å². The van der Waals surface area contributed by atoms with Gasteiger partial charge in [-0.1, -0.05) is 25.1 Å². The molecule has 4 heteroatoms. The number of nitrogens with zero attached hydrogens (tertiary/aromatic N) is 2. The summed E-state index contributed by atoms with van der Waals surface area (Å²) in [6.07, 6.45) is 2.57. The minimum Gasteiger partial charge on any atom is -0.393 e. The van der Waals surface area contributed by atoms with Gasteiger partial charge in [-0.3, -0.25) is 0 Å². The van der Waals surface area contributed by atoms with Gasteiger partial charge in [0.05, 0.1) is 17.5 Å². The Bertz CT molecular complexity index is 507. The fraction of sp³-hybridized carbons (Fsp3) is 0.438. The van der Waals surface area contributed by atoms with Crippen molar-refractivity contribution in [3.8, 4) is 5.69 Å². The van der Waals surface area contributed by atoms with Crippen LogP contribution in [0.25, 0.3) is 5.69 Å². The van der Waals surface area contributed by atoms with Crippen molar-refractivity contribution in [3.63, 3.8) is 0 Å². The van der Waals surface area contributed by atoms with Crippen LogP contribution in [0, 0.1) is 5.92 Å². The van der Waals surface area contributed by atoms with Crippen molar-refractivity contribution in [3.05, 3.63) is 48.3 Å². The molecule has 0 spiro atoms. The van der Waals surface area contributed by atoms with Crippen LogP contribution in [0.4, 0.5) is 0 Å². The van der Waals surface area contributed by atoms with Gasteiger partial charge in [0.15, 0.2) is 0 Å². The number of aliphatic hydroxyl groups is 1. The average Bonchev–Trinajstić information content (AvgIpc) is 2.88. The molecule has 0 fully saturated rings. The molecule has 0 radical (unpaired) electrons. The van der Waals surface area contributed by atoms with E-state index in [2.05, 4.69) is 17.3 Å². The minimum atomic E-state index is -0.232. The first kappa shape index (κ1) is 14.8. The molecule has 0 aliphatic carbocycles. The van der Waals surface area contributed by atoms with Crippen molar-refractivity contribution in [2.24, 2.45) is 5.92 Å². The van der Waals surface area contributed by atoms with E-state index < -0.39 is 0 Å². The zero-order valence-corrected chi connectivity index (χ0v) is 12.2. The van der Waals surface area contributed by atoms with E-state index in [-0.39, 0.29) is 6.10 Å². The van der Waals surface area contributed by atoms with E-state index in [9.17, 15) is 5.11 Å². The summed E-state index contributed by atoms with van der Waals surface area (Å²) < 4.78 is 1.89. The summed E-state index contributed by atoms with van der Waals surface area (Å²) in [5.41, 5.74) is 2.10. The van der Waals surface area contributed by atoms with Crippen LogP contribution in [0.2, 0.25) is 0 Å². The van der Waals surface area contributed by atoms with Crippen molar-refractivity contribution in [2.45, 2.75) is 32.9 Å². The van der Waals surface area contributed by atoms with E-state index >= 15 is 0 Å². The van der Waals surface area contributed by atoms with Crippen molar-refractivity contribution < 1.29 is 5.11 Å². The molecule has 2 unspecified atom stereocenters. The average molecular weight is 273 g/mol. The van der Waals surface area contributed by atoms with Gasteiger partial charge in [-0.05, 0) is 44.0 Å². The number of hydrogen-bond donors (Lipinski definition) is 2. The molecule has 1 aromatic heterocycles. The summed E-state index contributed by atoms with van der Waals surface area (Å²) in [6.45, 7) is 5.62. The fourth-order valence-corrected chi connectivity index (χ4v) is 2.29. The van der Waals surface area contributed by atoms with Crippen LogP contribution in [0.3, 0.4) is 0 Å². The van der Waals surface area contributed by atoms with Crippen molar-refractivity contribution in [1.29, 1.82) is 0 Å². The lowest BCUT2D eigenvalue weighted by molar-refractivity contribution is 0.163. The van der Waals surface area contributed by atoms with Gasteiger partial charge in [0.1, 0.15) is 0 Å². The summed E-state index contributed by atoms with van der Waals surface area (Å²) in [4.78, 5) is 0. The minimum absolute atomic E-state index is 0.232. The smallest absolute Gasteiger partial charge is 0.0766 e. The molecule has 2 rings (SSSR count). The Hall–Kier alpha value is -1.65. The standard InChI is InChI=1S/C16H23N3O/c1-13(10-14(2)20)11-17-12-15-8-9-19(18-15)16-6-4-3-5-7-16/h3-9,13-14,17,20H,10-12H2,1-2H3. The van der Waals surface area contributed by atoms with Crippen LogP contribution in [0.15, 0.2) is 42.6 Å². The molecule has 2 N–H and O–H groups in total. The molecule has 0 aliphatic rings. The summed E-state index contributed by atoms with van der Waals surface area (Å²) >= 11 is 0. The van der Waals surface area contributed by atoms with Crippen LogP contribution in [0.1, 0.15) is 26.0 Å². The molecular formula is C16H23N3O. The third-order valence-electron chi connectivity index (χ3n) is 3.21. The Balaban J connectivity index is 1.82. The molecule has 0 saturated heterocycles. The summed E-state index contributed by atoms with van der Waals surface area (Å²) in [5.74, 6) is 0.464. The molecule has 108 valence electrons. The highest BCUT2D eigenvalue weighted by molar-refractivity contribution is 5.30. The molecule has 2 atom stereocenters. The Morgan fingerprint density at radius 3 is 2.65 bits per heavy atom. The lowest BCUT2D eigenvalue weighted by Crippen LogP contribution is -2.23. The number of aliphatic hydroxyl groups excluding tert-OH is 1. The molecule has 2 aromatic rings. The van der Waals surface area contributed by atoms with Gasteiger partial charge < -0.3 is 10.4 Å². The van der Waals surface area contributed by atoms with Gasteiger partial charge in [0, 0.05) is 12.7 Å². The first-order valence-electron chi connectivity index (χ1n) is 7.14. The number of benzene rings is 1. The lowest BCUT2D eigenvalue weighted by Gasteiger charge is -2.13. The van der Waals surface area contributed by atoms with Gasteiger partial charge >= 0.3 is 0 Å². The number of nitrogens with one attached hydrogen (secondary N) is 1. The van der Waals surface area contributed by atoms with E-state index in [1.54, 1.807) is 0 Å². The quantitative estimate of drug-likeness (QED) is 0.814. The molecule has 0 bridgehead atoms. The topological polar surface area (TPSA) is 50.1 Å². The van der Waals surface area contributed by atoms with E-state index in [0.29, 0.717) is 5.92 Å². The second kappa shape index (κ2) is 7.22. The monoisotopic (exact) mass is 273 g/mol. The Morgan fingerprint density at radius 2 is 1.95 bits per heavy atom. The number of para-hydroxylation sites is 1. The maximum atomic E-state index is 9.33. The molecule has 0 aliphatic heterocycles. The van der Waals surface area contributed by atoms with Crippen molar-refractivity contribution >= 4 is 0 Å². The summed E-state index contributed by atoms with van der Waals surface area (Å²) in [5, 5.41) is 17.3. The Labute approximate surface area is 120 Å². The van der Waals surface area contributed by atoms with Crippen LogP contribution in [-0.2, 0) is 6.54 Å². The first-order chi connectivity index (χ1) is 9.65. The van der Waals surface area contributed by atoms with E-state index in [1.807, 2.05) is 54.2 Å². The molecule has 4 nitrogen and oxygen atoms in total. The zero-order chi connectivity index (χ0) is 14.4. The Kier molecular flexibility index (Phi) is 5.32. The highest BCUT2D eigenvalue weighted by Gasteiger charge is 2.06. The normalized spacial score (nSPS) is 14.2. The predicted molar refractivity (Wildman–Crippen MR) is 80.7 cm³/mol. The van der Waals surface area contributed by atoms with Crippen molar-refractivity contribution in [2.75, 3.05) is 6.54 Å². The van der Waals surface area contributed by atoms with Gasteiger partial charge in [-0.25, -0.2) is 4.68 Å². The van der Waals surface area contributed by atoms with E-state index in [4.69, 9.17) is 0 Å². The molecular weight excluding hydrogens is 250 g/mol. The van der Waals surface area contributed by atoms with Gasteiger partial charge in [-0.2, -0.15) is 5.10 Å². The second-order valence-corrected chi connectivity index (χ2v) is 5.41.